The number of amides is 1. The molecule has 1 aliphatic heterocycles. The molecule has 2 N–H and O–H groups in total. The lowest BCUT2D eigenvalue weighted by Crippen LogP contribution is -2.41. The molecule has 0 spiro atoms. The van der Waals surface area contributed by atoms with E-state index in [1.807, 2.05) is 12.1 Å². The summed E-state index contributed by atoms with van der Waals surface area (Å²) >= 11 is 0. The molecule has 2 atom stereocenters. The lowest BCUT2D eigenvalue weighted by atomic mass is 9.91. The fourth-order valence-electron chi connectivity index (χ4n) is 3.38. The van der Waals surface area contributed by atoms with Crippen LogP contribution in [-0.4, -0.2) is 25.5 Å². The SMILES string of the molecule is O=C(NCC(Cc1ccccc1)c1ccccc1)C1CCCNC1. The molecular weight excluding hydrogens is 296 g/mol. The van der Waals surface area contributed by atoms with E-state index >= 15 is 0 Å². The number of piperidine rings is 1. The minimum Gasteiger partial charge on any atom is -0.355 e. The van der Waals surface area contributed by atoms with Crippen LogP contribution < -0.4 is 10.6 Å². The zero-order valence-electron chi connectivity index (χ0n) is 14.1. The highest BCUT2D eigenvalue weighted by Gasteiger charge is 2.22. The van der Waals surface area contributed by atoms with Gasteiger partial charge in [-0.2, -0.15) is 0 Å². The van der Waals surface area contributed by atoms with E-state index in [0.29, 0.717) is 12.5 Å². The summed E-state index contributed by atoms with van der Waals surface area (Å²) in [5.41, 5.74) is 2.59. The smallest absolute Gasteiger partial charge is 0.224 e. The number of rotatable bonds is 6. The quantitative estimate of drug-likeness (QED) is 0.858. The van der Waals surface area contributed by atoms with Crippen molar-refractivity contribution >= 4 is 5.91 Å². The molecule has 1 amide bonds. The van der Waals surface area contributed by atoms with E-state index in [1.54, 1.807) is 0 Å². The van der Waals surface area contributed by atoms with Crippen LogP contribution in [0.5, 0.6) is 0 Å². The van der Waals surface area contributed by atoms with Gasteiger partial charge in [-0.05, 0) is 36.9 Å². The maximum absolute atomic E-state index is 12.4. The Morgan fingerprint density at radius 3 is 2.46 bits per heavy atom. The van der Waals surface area contributed by atoms with Crippen LogP contribution in [0.1, 0.15) is 29.9 Å². The maximum atomic E-state index is 12.4. The zero-order chi connectivity index (χ0) is 16.6. The highest BCUT2D eigenvalue weighted by Crippen LogP contribution is 2.20. The topological polar surface area (TPSA) is 41.1 Å². The fraction of sp³-hybridized carbons (Fsp3) is 0.381. The summed E-state index contributed by atoms with van der Waals surface area (Å²) in [6.45, 7) is 2.53. The third-order valence-corrected chi connectivity index (χ3v) is 4.79. The fourth-order valence-corrected chi connectivity index (χ4v) is 3.38. The lowest BCUT2D eigenvalue weighted by molar-refractivity contribution is -0.125. The summed E-state index contributed by atoms with van der Waals surface area (Å²) < 4.78 is 0. The molecule has 3 rings (SSSR count). The molecule has 2 unspecified atom stereocenters. The van der Waals surface area contributed by atoms with Gasteiger partial charge >= 0.3 is 0 Å². The number of nitrogens with one attached hydrogen (secondary N) is 2. The molecule has 0 radical (unpaired) electrons. The predicted molar refractivity (Wildman–Crippen MR) is 97.9 cm³/mol. The second-order valence-corrected chi connectivity index (χ2v) is 6.59. The Balaban J connectivity index is 1.64. The molecule has 0 bridgehead atoms. The van der Waals surface area contributed by atoms with Gasteiger partial charge in [-0.15, -0.1) is 0 Å². The van der Waals surface area contributed by atoms with E-state index in [-0.39, 0.29) is 11.8 Å². The standard InChI is InChI=1S/C21H26N2O/c24-21(19-12-7-13-22-15-19)23-16-20(18-10-5-2-6-11-18)14-17-8-3-1-4-9-17/h1-6,8-11,19-20,22H,7,12-16H2,(H,23,24). The Bertz CT molecular complexity index is 621. The van der Waals surface area contributed by atoms with Gasteiger partial charge in [0.25, 0.3) is 0 Å². The van der Waals surface area contributed by atoms with E-state index in [0.717, 1.165) is 32.4 Å². The minimum absolute atomic E-state index is 0.117. The Kier molecular flexibility index (Phi) is 6.02. The number of carbonyl (C=O) groups is 1. The lowest BCUT2D eigenvalue weighted by Gasteiger charge is -2.24. The molecule has 24 heavy (non-hydrogen) atoms. The molecular formula is C21H26N2O. The van der Waals surface area contributed by atoms with E-state index in [2.05, 4.69) is 59.2 Å². The van der Waals surface area contributed by atoms with Gasteiger partial charge in [0.2, 0.25) is 5.91 Å². The summed E-state index contributed by atoms with van der Waals surface area (Å²) in [6, 6.07) is 21.0. The molecule has 1 fully saturated rings. The van der Waals surface area contributed by atoms with Crippen molar-refractivity contribution in [1.29, 1.82) is 0 Å². The third-order valence-electron chi connectivity index (χ3n) is 4.79. The van der Waals surface area contributed by atoms with Crippen LogP contribution in [0.15, 0.2) is 60.7 Å². The van der Waals surface area contributed by atoms with E-state index in [1.165, 1.54) is 11.1 Å². The van der Waals surface area contributed by atoms with Crippen LogP contribution in [0.2, 0.25) is 0 Å². The first-order valence-electron chi connectivity index (χ1n) is 8.90. The highest BCUT2D eigenvalue weighted by molar-refractivity contribution is 5.79. The molecule has 2 aromatic carbocycles. The minimum atomic E-state index is 0.117. The van der Waals surface area contributed by atoms with Crippen molar-refractivity contribution in [3.63, 3.8) is 0 Å². The Labute approximate surface area is 144 Å². The molecule has 0 saturated carbocycles. The monoisotopic (exact) mass is 322 g/mol. The summed E-state index contributed by atoms with van der Waals surface area (Å²) in [7, 11) is 0. The highest BCUT2D eigenvalue weighted by atomic mass is 16.1. The van der Waals surface area contributed by atoms with Gasteiger partial charge in [-0.3, -0.25) is 4.79 Å². The van der Waals surface area contributed by atoms with Gasteiger partial charge < -0.3 is 10.6 Å². The van der Waals surface area contributed by atoms with Crippen LogP contribution >= 0.6 is 0 Å². The van der Waals surface area contributed by atoms with Crippen molar-refractivity contribution in [2.75, 3.05) is 19.6 Å². The van der Waals surface area contributed by atoms with Crippen LogP contribution in [0.25, 0.3) is 0 Å². The predicted octanol–water partition coefficient (Wildman–Crippen LogP) is 3.13. The summed E-state index contributed by atoms with van der Waals surface area (Å²) in [5, 5.41) is 6.51. The first-order valence-corrected chi connectivity index (χ1v) is 8.90. The molecule has 126 valence electrons. The zero-order valence-corrected chi connectivity index (χ0v) is 14.1. The Morgan fingerprint density at radius 1 is 1.08 bits per heavy atom. The van der Waals surface area contributed by atoms with Crippen molar-refractivity contribution in [1.82, 2.24) is 10.6 Å². The first kappa shape index (κ1) is 16.7. The van der Waals surface area contributed by atoms with Crippen molar-refractivity contribution in [3.8, 4) is 0 Å². The average molecular weight is 322 g/mol. The van der Waals surface area contributed by atoms with Crippen molar-refractivity contribution in [2.24, 2.45) is 5.92 Å². The third kappa shape index (κ3) is 4.68. The second kappa shape index (κ2) is 8.65. The Hall–Kier alpha value is -2.13. The van der Waals surface area contributed by atoms with Gasteiger partial charge in [-0.25, -0.2) is 0 Å². The van der Waals surface area contributed by atoms with Gasteiger partial charge in [0.1, 0.15) is 0 Å². The Morgan fingerprint density at radius 2 is 1.79 bits per heavy atom. The largest absolute Gasteiger partial charge is 0.355 e. The first-order chi connectivity index (χ1) is 11.8. The van der Waals surface area contributed by atoms with E-state index < -0.39 is 0 Å². The number of hydrogen-bond acceptors (Lipinski definition) is 2. The van der Waals surface area contributed by atoms with Gasteiger partial charge in [0.15, 0.2) is 0 Å². The van der Waals surface area contributed by atoms with Crippen LogP contribution in [-0.2, 0) is 11.2 Å². The molecule has 3 nitrogen and oxygen atoms in total. The average Bonchev–Trinajstić information content (AvgIpc) is 2.67. The molecule has 1 aliphatic rings. The van der Waals surface area contributed by atoms with Crippen LogP contribution in [0, 0.1) is 5.92 Å². The molecule has 3 heteroatoms. The van der Waals surface area contributed by atoms with E-state index in [4.69, 9.17) is 0 Å². The maximum Gasteiger partial charge on any atom is 0.224 e. The van der Waals surface area contributed by atoms with Crippen molar-refractivity contribution < 1.29 is 4.79 Å². The van der Waals surface area contributed by atoms with Gasteiger partial charge in [0, 0.05) is 19.0 Å². The molecule has 2 aromatic rings. The van der Waals surface area contributed by atoms with Crippen molar-refractivity contribution in [2.45, 2.75) is 25.2 Å². The summed E-state index contributed by atoms with van der Waals surface area (Å²) in [6.07, 6.45) is 3.02. The van der Waals surface area contributed by atoms with Gasteiger partial charge in [-0.1, -0.05) is 60.7 Å². The van der Waals surface area contributed by atoms with Crippen LogP contribution in [0.3, 0.4) is 0 Å². The molecule has 1 saturated heterocycles. The normalized spacial score (nSPS) is 18.8. The van der Waals surface area contributed by atoms with Crippen molar-refractivity contribution in [3.05, 3.63) is 71.8 Å². The number of carbonyl (C=O) groups excluding carboxylic acids is 1. The molecule has 1 heterocycles. The summed E-state index contributed by atoms with van der Waals surface area (Å²) in [5.74, 6) is 0.609. The van der Waals surface area contributed by atoms with Crippen LogP contribution in [0.4, 0.5) is 0 Å². The number of hydrogen-bond donors (Lipinski definition) is 2. The summed E-state index contributed by atoms with van der Waals surface area (Å²) in [4.78, 5) is 12.4. The number of benzene rings is 2. The second-order valence-electron chi connectivity index (χ2n) is 6.59. The van der Waals surface area contributed by atoms with E-state index in [9.17, 15) is 4.79 Å². The molecule has 0 aliphatic carbocycles. The van der Waals surface area contributed by atoms with Gasteiger partial charge in [0.05, 0.1) is 5.92 Å². The molecule has 0 aromatic heterocycles.